The van der Waals surface area contributed by atoms with E-state index in [9.17, 15) is 4.79 Å². The van der Waals surface area contributed by atoms with E-state index in [1.165, 1.54) is 11.3 Å². The second-order valence-corrected chi connectivity index (χ2v) is 7.70. The standard InChI is InChI=1S/C20H16ClN3O2S/c1-10-8-9-11(2)18-16(10)22-20(27-18)23-19(25)15-12(3)26-24-17(15)13-6-4-5-7-14(13)21/h4-9H,1-3H3,(H,22,23,25). The van der Waals surface area contributed by atoms with Crippen molar-refractivity contribution in [3.8, 4) is 11.3 Å². The molecule has 0 unspecified atom stereocenters. The van der Waals surface area contributed by atoms with Crippen molar-refractivity contribution in [1.82, 2.24) is 10.1 Å². The fraction of sp³-hybridized carbons (Fsp3) is 0.150. The predicted molar refractivity (Wildman–Crippen MR) is 109 cm³/mol. The van der Waals surface area contributed by atoms with E-state index in [0.29, 0.717) is 32.7 Å². The predicted octanol–water partition coefficient (Wildman–Crippen LogP) is 5.78. The first-order valence-corrected chi connectivity index (χ1v) is 9.54. The highest BCUT2D eigenvalue weighted by Gasteiger charge is 2.24. The molecular formula is C20H16ClN3O2S. The molecule has 2 aromatic heterocycles. The molecule has 0 bridgehead atoms. The molecular weight excluding hydrogens is 382 g/mol. The van der Waals surface area contributed by atoms with Gasteiger partial charge in [-0.05, 0) is 38.0 Å². The average molecular weight is 398 g/mol. The van der Waals surface area contributed by atoms with Crippen molar-refractivity contribution in [3.05, 3.63) is 63.9 Å². The fourth-order valence-corrected chi connectivity index (χ4v) is 4.18. The summed E-state index contributed by atoms with van der Waals surface area (Å²) in [6, 6.07) is 11.3. The molecule has 0 fully saturated rings. The van der Waals surface area contributed by atoms with Crippen LogP contribution in [0.2, 0.25) is 5.02 Å². The van der Waals surface area contributed by atoms with Crippen LogP contribution in [0.1, 0.15) is 27.2 Å². The summed E-state index contributed by atoms with van der Waals surface area (Å²) in [4.78, 5) is 17.5. The molecule has 27 heavy (non-hydrogen) atoms. The molecule has 0 aliphatic rings. The molecule has 2 heterocycles. The second kappa shape index (κ2) is 6.79. The normalized spacial score (nSPS) is 11.1. The first-order valence-electron chi connectivity index (χ1n) is 8.35. The minimum atomic E-state index is -0.321. The maximum Gasteiger partial charge on any atom is 0.263 e. The van der Waals surface area contributed by atoms with Crippen LogP contribution in [0.15, 0.2) is 40.9 Å². The van der Waals surface area contributed by atoms with E-state index < -0.39 is 0 Å². The van der Waals surface area contributed by atoms with Crippen LogP contribution in [-0.2, 0) is 0 Å². The monoisotopic (exact) mass is 397 g/mol. The summed E-state index contributed by atoms with van der Waals surface area (Å²) in [7, 11) is 0. The van der Waals surface area contributed by atoms with Crippen LogP contribution < -0.4 is 5.32 Å². The van der Waals surface area contributed by atoms with E-state index in [1.54, 1.807) is 19.1 Å². The quantitative estimate of drug-likeness (QED) is 0.475. The number of carbonyl (C=O) groups is 1. The highest BCUT2D eigenvalue weighted by atomic mass is 35.5. The zero-order chi connectivity index (χ0) is 19.1. The number of thiazole rings is 1. The Bertz CT molecular complexity index is 1140. The number of benzene rings is 2. The number of hydrogen-bond acceptors (Lipinski definition) is 5. The van der Waals surface area contributed by atoms with Gasteiger partial charge < -0.3 is 4.52 Å². The first kappa shape index (κ1) is 17.7. The first-order chi connectivity index (χ1) is 13.0. The Kier molecular flexibility index (Phi) is 4.45. The molecule has 0 aliphatic carbocycles. The number of aromatic nitrogens is 2. The SMILES string of the molecule is Cc1onc(-c2ccccc2Cl)c1C(=O)Nc1nc2c(C)ccc(C)c2s1. The molecule has 2 aromatic carbocycles. The molecule has 1 amide bonds. The number of nitrogens with one attached hydrogen (secondary N) is 1. The molecule has 0 radical (unpaired) electrons. The minimum absolute atomic E-state index is 0.321. The third-order valence-electron chi connectivity index (χ3n) is 4.38. The molecule has 0 spiro atoms. The number of hydrogen-bond donors (Lipinski definition) is 1. The van der Waals surface area contributed by atoms with Gasteiger partial charge in [-0.25, -0.2) is 4.98 Å². The van der Waals surface area contributed by atoms with Gasteiger partial charge in [0.05, 0.1) is 15.2 Å². The highest BCUT2D eigenvalue weighted by Crippen LogP contribution is 2.34. The van der Waals surface area contributed by atoms with Crippen LogP contribution in [0, 0.1) is 20.8 Å². The van der Waals surface area contributed by atoms with Crippen molar-refractivity contribution in [2.24, 2.45) is 0 Å². The number of fused-ring (bicyclic) bond motifs is 1. The Morgan fingerprint density at radius 3 is 2.59 bits per heavy atom. The lowest BCUT2D eigenvalue weighted by molar-refractivity contribution is 0.102. The number of nitrogens with zero attached hydrogens (tertiary/aromatic N) is 2. The number of rotatable bonds is 3. The van der Waals surface area contributed by atoms with E-state index in [-0.39, 0.29) is 5.91 Å². The van der Waals surface area contributed by atoms with Gasteiger partial charge >= 0.3 is 0 Å². The van der Waals surface area contributed by atoms with Crippen LogP contribution in [0.4, 0.5) is 5.13 Å². The summed E-state index contributed by atoms with van der Waals surface area (Å²) in [6.45, 7) is 5.74. The van der Waals surface area contributed by atoms with Gasteiger partial charge in [-0.15, -0.1) is 0 Å². The molecule has 7 heteroatoms. The Morgan fingerprint density at radius 2 is 1.85 bits per heavy atom. The molecule has 4 aromatic rings. The second-order valence-electron chi connectivity index (χ2n) is 6.29. The molecule has 1 N–H and O–H groups in total. The van der Waals surface area contributed by atoms with Crippen LogP contribution in [0.3, 0.4) is 0 Å². The summed E-state index contributed by atoms with van der Waals surface area (Å²) < 4.78 is 6.34. The van der Waals surface area contributed by atoms with Crippen molar-refractivity contribution in [2.45, 2.75) is 20.8 Å². The van der Waals surface area contributed by atoms with Crippen molar-refractivity contribution in [3.63, 3.8) is 0 Å². The van der Waals surface area contributed by atoms with E-state index in [0.717, 1.165) is 21.3 Å². The number of carbonyl (C=O) groups excluding carboxylic acids is 1. The van der Waals surface area contributed by atoms with E-state index in [2.05, 4.69) is 21.5 Å². The Balaban J connectivity index is 1.73. The van der Waals surface area contributed by atoms with E-state index >= 15 is 0 Å². The van der Waals surface area contributed by atoms with Gasteiger partial charge in [0.2, 0.25) is 0 Å². The molecule has 0 atom stereocenters. The molecule has 5 nitrogen and oxygen atoms in total. The maximum atomic E-state index is 13.0. The Morgan fingerprint density at radius 1 is 1.11 bits per heavy atom. The van der Waals surface area contributed by atoms with Gasteiger partial charge in [-0.2, -0.15) is 0 Å². The van der Waals surface area contributed by atoms with Crippen LogP contribution in [0.25, 0.3) is 21.5 Å². The van der Waals surface area contributed by atoms with Crippen LogP contribution in [0.5, 0.6) is 0 Å². The lowest BCUT2D eigenvalue weighted by atomic mass is 10.1. The van der Waals surface area contributed by atoms with Gasteiger partial charge in [-0.3, -0.25) is 10.1 Å². The van der Waals surface area contributed by atoms with Crippen molar-refractivity contribution >= 4 is 44.2 Å². The van der Waals surface area contributed by atoms with Crippen LogP contribution in [-0.4, -0.2) is 16.0 Å². The summed E-state index contributed by atoms with van der Waals surface area (Å²) in [5.74, 6) is 0.105. The number of anilines is 1. The van der Waals surface area contributed by atoms with E-state index in [1.807, 2.05) is 32.0 Å². The topological polar surface area (TPSA) is 68.0 Å². The molecule has 4 rings (SSSR count). The number of amides is 1. The Labute approximate surface area is 165 Å². The molecule has 0 aliphatic heterocycles. The number of aryl methyl sites for hydroxylation is 3. The average Bonchev–Trinajstić information content (AvgIpc) is 3.23. The molecule has 0 saturated carbocycles. The molecule has 136 valence electrons. The van der Waals surface area contributed by atoms with Gasteiger partial charge in [0.15, 0.2) is 5.13 Å². The largest absolute Gasteiger partial charge is 0.360 e. The number of halogens is 1. The van der Waals surface area contributed by atoms with Gasteiger partial charge in [0, 0.05) is 5.56 Å². The minimum Gasteiger partial charge on any atom is -0.360 e. The highest BCUT2D eigenvalue weighted by molar-refractivity contribution is 7.22. The van der Waals surface area contributed by atoms with Crippen molar-refractivity contribution < 1.29 is 9.32 Å². The summed E-state index contributed by atoms with van der Waals surface area (Å²) in [5, 5.41) is 7.97. The summed E-state index contributed by atoms with van der Waals surface area (Å²) >= 11 is 7.72. The van der Waals surface area contributed by atoms with E-state index in [4.69, 9.17) is 16.1 Å². The third kappa shape index (κ3) is 3.11. The Hall–Kier alpha value is -2.70. The summed E-state index contributed by atoms with van der Waals surface area (Å²) in [6.07, 6.45) is 0. The molecule has 0 saturated heterocycles. The van der Waals surface area contributed by atoms with Crippen LogP contribution >= 0.6 is 22.9 Å². The smallest absolute Gasteiger partial charge is 0.263 e. The zero-order valence-corrected chi connectivity index (χ0v) is 16.5. The van der Waals surface area contributed by atoms with Crippen molar-refractivity contribution in [2.75, 3.05) is 5.32 Å². The van der Waals surface area contributed by atoms with Gasteiger partial charge in [0.1, 0.15) is 17.0 Å². The fourth-order valence-electron chi connectivity index (χ4n) is 2.95. The summed E-state index contributed by atoms with van der Waals surface area (Å²) in [5.41, 5.74) is 4.54. The lowest BCUT2D eigenvalue weighted by Crippen LogP contribution is -2.13. The third-order valence-corrected chi connectivity index (χ3v) is 5.82. The maximum absolute atomic E-state index is 13.0. The zero-order valence-electron chi connectivity index (χ0n) is 15.0. The lowest BCUT2D eigenvalue weighted by Gasteiger charge is -2.04. The van der Waals surface area contributed by atoms with Gasteiger partial charge in [0.25, 0.3) is 5.91 Å². The van der Waals surface area contributed by atoms with Gasteiger partial charge in [-0.1, -0.05) is 58.4 Å². The van der Waals surface area contributed by atoms with Crippen molar-refractivity contribution in [1.29, 1.82) is 0 Å².